The van der Waals surface area contributed by atoms with E-state index >= 15 is 0 Å². The second-order valence-corrected chi connectivity index (χ2v) is 4.95. The van der Waals surface area contributed by atoms with Crippen molar-refractivity contribution in [2.75, 3.05) is 13.1 Å². The molecule has 2 rings (SSSR count). The Bertz CT molecular complexity index is 469. The number of rotatable bonds is 3. The van der Waals surface area contributed by atoms with Gasteiger partial charge in [0, 0.05) is 25.5 Å². The Morgan fingerprint density at radius 1 is 1.30 bits per heavy atom. The van der Waals surface area contributed by atoms with Gasteiger partial charge in [0.2, 0.25) is 0 Å². The first-order chi connectivity index (χ1) is 11.2. The number of likely N-dealkylation sites (tertiary alicyclic amines) is 1. The Morgan fingerprint density at radius 2 is 1.91 bits per heavy atom. The highest BCUT2D eigenvalue weighted by Gasteiger charge is 2.23. The lowest BCUT2D eigenvalue weighted by Crippen LogP contribution is -2.40. The standard InChI is InChI=1S/C15H21N3O.C2H6.C2H4/c1-3-13(4-2)11-14-5-8-17(9-6-14)15(19)18-10-7-16-12-18;2*1-2/h3-4,7,10,12,14H,1,5-6,8-9,11H2,2H3;1-2H3;1-2H2/b13-4+;;. The molecule has 1 aromatic rings. The van der Waals surface area contributed by atoms with Gasteiger partial charge in [-0.2, -0.15) is 0 Å². The molecular formula is C19H31N3O. The second-order valence-electron chi connectivity index (χ2n) is 4.95. The predicted molar refractivity (Wildman–Crippen MR) is 98.5 cm³/mol. The molecule has 0 spiro atoms. The first kappa shape index (κ1) is 20.9. The lowest BCUT2D eigenvalue weighted by Gasteiger charge is -2.32. The van der Waals surface area contributed by atoms with Gasteiger partial charge in [-0.1, -0.05) is 38.2 Å². The van der Waals surface area contributed by atoms with E-state index in [1.807, 2.05) is 24.8 Å². The molecule has 1 aliphatic rings. The molecule has 0 aliphatic carbocycles. The molecule has 1 fully saturated rings. The lowest BCUT2D eigenvalue weighted by molar-refractivity contribution is 0.172. The Hall–Kier alpha value is -2.10. The molecule has 0 atom stereocenters. The molecule has 1 aromatic heterocycles. The van der Waals surface area contributed by atoms with Crippen molar-refractivity contribution in [2.45, 2.75) is 40.0 Å². The molecule has 4 heteroatoms. The monoisotopic (exact) mass is 317 g/mol. The van der Waals surface area contributed by atoms with Crippen LogP contribution < -0.4 is 0 Å². The van der Waals surface area contributed by atoms with Gasteiger partial charge in [-0.15, -0.1) is 13.2 Å². The molecular weight excluding hydrogens is 286 g/mol. The van der Waals surface area contributed by atoms with Crippen molar-refractivity contribution in [2.24, 2.45) is 5.92 Å². The molecule has 0 bridgehead atoms. The molecule has 2 heterocycles. The van der Waals surface area contributed by atoms with E-state index in [4.69, 9.17) is 0 Å². The first-order valence-electron chi connectivity index (χ1n) is 8.29. The van der Waals surface area contributed by atoms with Gasteiger partial charge in [0.25, 0.3) is 0 Å². The molecule has 1 saturated heterocycles. The van der Waals surface area contributed by atoms with Gasteiger partial charge < -0.3 is 4.90 Å². The highest BCUT2D eigenvalue weighted by atomic mass is 16.2. The first-order valence-corrected chi connectivity index (χ1v) is 8.29. The number of nitrogens with zero attached hydrogens (tertiary/aromatic N) is 3. The summed E-state index contributed by atoms with van der Waals surface area (Å²) in [6.07, 6.45) is 12.1. The molecule has 0 saturated carbocycles. The third-order valence-corrected chi connectivity index (χ3v) is 3.77. The zero-order valence-electron chi connectivity index (χ0n) is 14.9. The van der Waals surface area contributed by atoms with E-state index in [2.05, 4.69) is 37.7 Å². The van der Waals surface area contributed by atoms with Gasteiger partial charge >= 0.3 is 6.03 Å². The van der Waals surface area contributed by atoms with E-state index in [0.29, 0.717) is 5.92 Å². The van der Waals surface area contributed by atoms with E-state index in [1.54, 1.807) is 23.3 Å². The van der Waals surface area contributed by atoms with Crippen LogP contribution in [0.4, 0.5) is 4.79 Å². The van der Waals surface area contributed by atoms with Crippen molar-refractivity contribution in [3.8, 4) is 0 Å². The van der Waals surface area contributed by atoms with Crippen molar-refractivity contribution >= 4 is 6.03 Å². The van der Waals surface area contributed by atoms with Crippen LogP contribution in [0.15, 0.2) is 56.2 Å². The SMILES string of the molecule is C=C.C=C/C(=C\C)CC1CCN(C(=O)n2ccnc2)CC1.CC. The summed E-state index contributed by atoms with van der Waals surface area (Å²) in [6, 6.07) is 0.0333. The van der Waals surface area contributed by atoms with Crippen molar-refractivity contribution in [3.05, 3.63) is 56.2 Å². The predicted octanol–water partition coefficient (Wildman–Crippen LogP) is 4.91. The topological polar surface area (TPSA) is 38.1 Å². The van der Waals surface area contributed by atoms with Crippen molar-refractivity contribution in [1.82, 2.24) is 14.5 Å². The fourth-order valence-electron chi connectivity index (χ4n) is 2.52. The maximum atomic E-state index is 12.1. The van der Waals surface area contributed by atoms with Crippen molar-refractivity contribution in [3.63, 3.8) is 0 Å². The average Bonchev–Trinajstić information content (AvgIpc) is 3.17. The van der Waals surface area contributed by atoms with E-state index in [9.17, 15) is 4.79 Å². The van der Waals surface area contributed by atoms with E-state index in [1.165, 1.54) is 5.57 Å². The Morgan fingerprint density at radius 3 is 2.35 bits per heavy atom. The highest BCUT2D eigenvalue weighted by molar-refractivity contribution is 5.76. The quantitative estimate of drug-likeness (QED) is 0.586. The number of carbonyl (C=O) groups excluding carboxylic acids is 1. The third kappa shape index (κ3) is 6.68. The summed E-state index contributed by atoms with van der Waals surface area (Å²) < 4.78 is 1.54. The van der Waals surface area contributed by atoms with Gasteiger partial charge in [0.1, 0.15) is 6.33 Å². The zero-order chi connectivity index (χ0) is 17.7. The second kappa shape index (κ2) is 12.4. The summed E-state index contributed by atoms with van der Waals surface area (Å²) in [7, 11) is 0. The Kier molecular flexibility index (Phi) is 11.3. The molecule has 23 heavy (non-hydrogen) atoms. The number of imidazole rings is 1. The molecule has 0 aromatic carbocycles. The lowest BCUT2D eigenvalue weighted by atomic mass is 9.90. The van der Waals surface area contributed by atoms with Crippen molar-refractivity contribution < 1.29 is 4.79 Å². The molecule has 128 valence electrons. The van der Waals surface area contributed by atoms with E-state index in [-0.39, 0.29) is 6.03 Å². The summed E-state index contributed by atoms with van der Waals surface area (Å²) in [4.78, 5) is 17.9. The minimum atomic E-state index is 0.0333. The van der Waals surface area contributed by atoms with Crippen LogP contribution in [-0.4, -0.2) is 33.6 Å². The zero-order valence-corrected chi connectivity index (χ0v) is 14.9. The summed E-state index contributed by atoms with van der Waals surface area (Å²) in [5, 5.41) is 0. The minimum Gasteiger partial charge on any atom is -0.324 e. The third-order valence-electron chi connectivity index (χ3n) is 3.77. The maximum Gasteiger partial charge on any atom is 0.329 e. The van der Waals surface area contributed by atoms with Crippen LogP contribution in [0, 0.1) is 5.92 Å². The number of carbonyl (C=O) groups is 1. The molecule has 0 radical (unpaired) electrons. The van der Waals surface area contributed by atoms with Crippen molar-refractivity contribution in [1.29, 1.82) is 0 Å². The van der Waals surface area contributed by atoms with Gasteiger partial charge in [-0.05, 0) is 32.1 Å². The summed E-state index contributed by atoms with van der Waals surface area (Å²) >= 11 is 0. The number of piperidine rings is 1. The van der Waals surface area contributed by atoms with E-state index < -0.39 is 0 Å². The largest absolute Gasteiger partial charge is 0.329 e. The fourth-order valence-corrected chi connectivity index (χ4v) is 2.52. The molecule has 0 unspecified atom stereocenters. The van der Waals surface area contributed by atoms with Crippen LogP contribution in [0.1, 0.15) is 40.0 Å². The Balaban J connectivity index is 0.00000112. The number of hydrogen-bond donors (Lipinski definition) is 0. The van der Waals surface area contributed by atoms with Gasteiger partial charge in [0.15, 0.2) is 0 Å². The van der Waals surface area contributed by atoms with Crippen LogP contribution in [0.2, 0.25) is 0 Å². The average molecular weight is 317 g/mol. The Labute approximate surface area is 141 Å². The fraction of sp³-hybridized carbons (Fsp3) is 0.474. The van der Waals surface area contributed by atoms with E-state index in [0.717, 1.165) is 32.4 Å². The number of amides is 1. The molecule has 1 aliphatic heterocycles. The molecule has 0 N–H and O–H groups in total. The maximum absolute atomic E-state index is 12.1. The van der Waals surface area contributed by atoms with Crippen LogP contribution in [0.25, 0.3) is 0 Å². The normalized spacial score (nSPS) is 14.9. The van der Waals surface area contributed by atoms with Crippen LogP contribution in [-0.2, 0) is 0 Å². The highest BCUT2D eigenvalue weighted by Crippen LogP contribution is 2.24. The number of allylic oxidation sites excluding steroid dienone is 3. The molecule has 4 nitrogen and oxygen atoms in total. The smallest absolute Gasteiger partial charge is 0.324 e. The van der Waals surface area contributed by atoms with Gasteiger partial charge in [0.05, 0.1) is 0 Å². The van der Waals surface area contributed by atoms with Crippen LogP contribution >= 0.6 is 0 Å². The summed E-state index contributed by atoms with van der Waals surface area (Å²) in [5.41, 5.74) is 1.30. The summed E-state index contributed by atoms with van der Waals surface area (Å²) in [6.45, 7) is 17.5. The van der Waals surface area contributed by atoms with Gasteiger partial charge in [-0.3, -0.25) is 4.57 Å². The summed E-state index contributed by atoms with van der Waals surface area (Å²) in [5.74, 6) is 0.663. The number of hydrogen-bond acceptors (Lipinski definition) is 2. The van der Waals surface area contributed by atoms with Crippen LogP contribution in [0.5, 0.6) is 0 Å². The van der Waals surface area contributed by atoms with Crippen LogP contribution in [0.3, 0.4) is 0 Å². The molecule has 1 amide bonds. The van der Waals surface area contributed by atoms with Gasteiger partial charge in [-0.25, -0.2) is 9.78 Å². The number of aromatic nitrogens is 2. The minimum absolute atomic E-state index is 0.0333.